The maximum atomic E-state index is 11.0. The van der Waals surface area contributed by atoms with Crippen molar-refractivity contribution in [2.24, 2.45) is 5.84 Å². The summed E-state index contributed by atoms with van der Waals surface area (Å²) in [5, 5.41) is 0. The van der Waals surface area contributed by atoms with Crippen LogP contribution in [0.15, 0.2) is 18.6 Å². The van der Waals surface area contributed by atoms with Crippen LogP contribution >= 0.6 is 0 Å². The summed E-state index contributed by atoms with van der Waals surface area (Å²) < 4.78 is 6.95. The highest BCUT2D eigenvalue weighted by molar-refractivity contribution is 5.90. The van der Waals surface area contributed by atoms with Crippen molar-refractivity contribution in [2.45, 2.75) is 6.92 Å². The van der Waals surface area contributed by atoms with Crippen LogP contribution in [0.2, 0.25) is 0 Å². The van der Waals surface area contributed by atoms with Gasteiger partial charge in [-0.2, -0.15) is 0 Å². The standard InChI is InChI=1S/C13H13N5O2/c1-9-7-18(8-15-9)11-5-3-10(16-13(11)20-2)4-6-12(19)17-14/h4,6-8H,14H2,1-2H3,(H,17,19)/b6-4+. The second-order valence-corrected chi connectivity index (χ2v) is 3.87. The minimum atomic E-state index is -0.437. The number of carbonyl (C=O) groups excluding carboxylic acids is 1. The van der Waals surface area contributed by atoms with Gasteiger partial charge in [0.25, 0.3) is 5.91 Å². The zero-order valence-electron chi connectivity index (χ0n) is 11.0. The molecule has 0 aliphatic heterocycles. The van der Waals surface area contributed by atoms with E-state index in [9.17, 15) is 4.79 Å². The van der Waals surface area contributed by atoms with Crippen LogP contribution in [-0.4, -0.2) is 27.6 Å². The van der Waals surface area contributed by atoms with Gasteiger partial charge >= 0.3 is 0 Å². The second-order valence-electron chi connectivity index (χ2n) is 3.87. The number of rotatable bonds is 4. The number of methoxy groups -OCH3 is 1. The van der Waals surface area contributed by atoms with Crippen LogP contribution in [0.1, 0.15) is 11.4 Å². The summed E-state index contributed by atoms with van der Waals surface area (Å²) in [6.07, 6.45) is 6.16. The minimum Gasteiger partial charge on any atom is -0.479 e. The molecular weight excluding hydrogens is 258 g/mol. The molecule has 0 saturated heterocycles. The topological polar surface area (TPSA) is 95.1 Å². The van der Waals surface area contributed by atoms with Gasteiger partial charge < -0.3 is 4.74 Å². The highest BCUT2D eigenvalue weighted by atomic mass is 16.5. The van der Waals surface area contributed by atoms with Gasteiger partial charge in [0.2, 0.25) is 5.88 Å². The summed E-state index contributed by atoms with van der Waals surface area (Å²) in [4.78, 5) is 19.4. The van der Waals surface area contributed by atoms with Gasteiger partial charge in [-0.15, -0.1) is 0 Å². The molecule has 2 aromatic heterocycles. The smallest absolute Gasteiger partial charge is 0.257 e. The monoisotopic (exact) mass is 271 g/mol. The summed E-state index contributed by atoms with van der Waals surface area (Å²) in [6.45, 7) is 1.88. The first-order valence-electron chi connectivity index (χ1n) is 5.72. The fourth-order valence-electron chi connectivity index (χ4n) is 1.51. The van der Waals surface area contributed by atoms with Crippen molar-refractivity contribution in [3.63, 3.8) is 0 Å². The Morgan fingerprint density at radius 1 is 1.55 bits per heavy atom. The first kappa shape index (κ1) is 13.6. The molecule has 0 saturated carbocycles. The van der Waals surface area contributed by atoms with Gasteiger partial charge in [0.1, 0.15) is 12.0 Å². The van der Waals surface area contributed by atoms with Crippen LogP contribution in [0.4, 0.5) is 0 Å². The van der Waals surface area contributed by atoms with Gasteiger partial charge in [-0.05, 0) is 25.1 Å². The molecule has 2 aromatic rings. The third kappa shape index (κ3) is 2.93. The molecule has 0 radical (unpaired) electrons. The normalized spacial score (nSPS) is 10.3. The van der Waals surface area contributed by atoms with E-state index in [0.717, 1.165) is 5.69 Å². The maximum absolute atomic E-state index is 11.0. The van der Waals surface area contributed by atoms with E-state index in [1.54, 1.807) is 10.9 Å². The van der Waals surface area contributed by atoms with Crippen molar-refractivity contribution in [3.8, 4) is 11.6 Å². The SMILES string of the molecule is COc1nc(/C=C/C(=O)NN)c#cc1-n1cnc(C)c1. The first-order valence-corrected chi connectivity index (χ1v) is 5.72. The Balaban J connectivity index is 2.33. The highest BCUT2D eigenvalue weighted by Gasteiger charge is 2.07. The summed E-state index contributed by atoms with van der Waals surface area (Å²) in [5.41, 5.74) is 3.85. The van der Waals surface area contributed by atoms with Crippen molar-refractivity contribution >= 4 is 12.0 Å². The number of nitrogens with two attached hydrogens (primary N) is 1. The quantitative estimate of drug-likeness (QED) is 0.358. The molecule has 0 atom stereocenters. The molecule has 7 heteroatoms. The molecular formula is C13H13N5O2. The number of amides is 1. The predicted molar refractivity (Wildman–Crippen MR) is 71.7 cm³/mol. The predicted octanol–water partition coefficient (Wildman–Crippen LogP) is 0.188. The molecule has 0 aliphatic rings. The van der Waals surface area contributed by atoms with E-state index in [0.29, 0.717) is 17.3 Å². The summed E-state index contributed by atoms with van der Waals surface area (Å²) in [6, 6.07) is 5.75. The van der Waals surface area contributed by atoms with E-state index in [1.807, 2.05) is 18.5 Å². The number of hydrogen-bond donors (Lipinski definition) is 2. The van der Waals surface area contributed by atoms with Gasteiger partial charge in [-0.3, -0.25) is 14.8 Å². The van der Waals surface area contributed by atoms with E-state index >= 15 is 0 Å². The summed E-state index contributed by atoms with van der Waals surface area (Å²) in [5.74, 6) is 4.89. The van der Waals surface area contributed by atoms with E-state index in [4.69, 9.17) is 10.6 Å². The molecule has 102 valence electrons. The third-order valence-electron chi connectivity index (χ3n) is 2.43. The van der Waals surface area contributed by atoms with Crippen LogP contribution in [0.5, 0.6) is 5.88 Å². The average Bonchev–Trinajstić information content (AvgIpc) is 2.90. The molecule has 2 heterocycles. The lowest BCUT2D eigenvalue weighted by Crippen LogP contribution is -2.27. The Bertz CT molecular complexity index is 648. The van der Waals surface area contributed by atoms with Crippen molar-refractivity contribution in [2.75, 3.05) is 7.11 Å². The molecule has 0 bridgehead atoms. The number of ether oxygens (including phenoxy) is 1. The van der Waals surface area contributed by atoms with E-state index < -0.39 is 5.91 Å². The Labute approximate surface area is 116 Å². The molecule has 7 nitrogen and oxygen atoms in total. The first-order chi connectivity index (χ1) is 9.63. The molecule has 0 fully saturated rings. The molecule has 3 N–H and O–H groups in total. The minimum absolute atomic E-state index is 0.356. The Morgan fingerprint density at radius 3 is 2.95 bits per heavy atom. The molecule has 0 aromatic carbocycles. The number of nitrogens with one attached hydrogen (secondary N) is 1. The molecule has 0 aliphatic carbocycles. The van der Waals surface area contributed by atoms with Crippen molar-refractivity contribution in [1.29, 1.82) is 0 Å². The lowest BCUT2D eigenvalue weighted by atomic mass is 10.3. The van der Waals surface area contributed by atoms with Crippen LogP contribution < -0.4 is 16.0 Å². The molecule has 20 heavy (non-hydrogen) atoms. The molecule has 2 rings (SSSR count). The summed E-state index contributed by atoms with van der Waals surface area (Å²) in [7, 11) is 1.50. The van der Waals surface area contributed by atoms with Crippen LogP contribution in [0, 0.1) is 19.1 Å². The highest BCUT2D eigenvalue weighted by Crippen LogP contribution is 2.18. The number of nitrogens with zero attached hydrogens (tertiary/aromatic N) is 3. The van der Waals surface area contributed by atoms with Crippen molar-refractivity contribution in [3.05, 3.63) is 42.1 Å². The Hall–Kier alpha value is -2.85. The Kier molecular flexibility index (Phi) is 3.98. The fraction of sp³-hybridized carbons (Fsp3) is 0.154. The van der Waals surface area contributed by atoms with Gasteiger partial charge in [-0.25, -0.2) is 15.8 Å². The second kappa shape index (κ2) is 5.86. The fourth-order valence-corrected chi connectivity index (χ4v) is 1.51. The summed E-state index contributed by atoms with van der Waals surface area (Å²) >= 11 is 0. The largest absolute Gasteiger partial charge is 0.479 e. The van der Waals surface area contributed by atoms with Gasteiger partial charge in [0.15, 0.2) is 5.69 Å². The maximum Gasteiger partial charge on any atom is 0.257 e. The number of hydrogen-bond acceptors (Lipinski definition) is 5. The number of hydrazine groups is 1. The third-order valence-corrected chi connectivity index (χ3v) is 2.43. The van der Waals surface area contributed by atoms with Crippen molar-refractivity contribution < 1.29 is 9.53 Å². The van der Waals surface area contributed by atoms with Gasteiger partial charge in [0.05, 0.1) is 12.8 Å². The van der Waals surface area contributed by atoms with Crippen LogP contribution in [0.3, 0.4) is 0 Å². The average molecular weight is 271 g/mol. The zero-order valence-corrected chi connectivity index (χ0v) is 11.0. The lowest BCUT2D eigenvalue weighted by molar-refractivity contribution is -0.116. The molecule has 1 amide bonds. The number of carbonyl (C=O) groups is 1. The Morgan fingerprint density at radius 2 is 2.35 bits per heavy atom. The van der Waals surface area contributed by atoms with Gasteiger partial charge in [-0.1, -0.05) is 0 Å². The molecule has 0 unspecified atom stereocenters. The van der Waals surface area contributed by atoms with E-state index in [-0.39, 0.29) is 0 Å². The van der Waals surface area contributed by atoms with E-state index in [2.05, 4.69) is 22.1 Å². The molecule has 0 spiro atoms. The van der Waals surface area contributed by atoms with Crippen LogP contribution in [0.25, 0.3) is 11.8 Å². The van der Waals surface area contributed by atoms with E-state index in [1.165, 1.54) is 19.3 Å². The number of aromatic nitrogens is 3. The number of aryl methyl sites for hydroxylation is 1. The van der Waals surface area contributed by atoms with Crippen molar-refractivity contribution in [1.82, 2.24) is 20.0 Å². The lowest BCUT2D eigenvalue weighted by Gasteiger charge is -2.05. The van der Waals surface area contributed by atoms with Crippen LogP contribution in [-0.2, 0) is 4.79 Å². The number of imidazole rings is 1. The van der Waals surface area contributed by atoms with Gasteiger partial charge in [0, 0.05) is 12.3 Å². The zero-order chi connectivity index (χ0) is 14.5.